The Labute approximate surface area is 185 Å². The Bertz CT molecular complexity index is 1160. The molecule has 0 bridgehead atoms. The first-order valence-electron chi connectivity index (χ1n) is 10.3. The van der Waals surface area contributed by atoms with Crippen molar-refractivity contribution in [1.29, 1.82) is 5.26 Å². The van der Waals surface area contributed by atoms with Gasteiger partial charge in [-0.25, -0.2) is 4.98 Å². The van der Waals surface area contributed by atoms with E-state index in [9.17, 15) is 10.1 Å². The van der Waals surface area contributed by atoms with Gasteiger partial charge < -0.3 is 14.4 Å². The fourth-order valence-electron chi connectivity index (χ4n) is 3.71. The van der Waals surface area contributed by atoms with Crippen LogP contribution in [0.25, 0.3) is 5.82 Å². The Hall–Kier alpha value is -4.00. The lowest BCUT2D eigenvalue weighted by atomic mass is 10.00. The lowest BCUT2D eigenvalue weighted by molar-refractivity contribution is 0.0370. The van der Waals surface area contributed by atoms with Gasteiger partial charge in [0.15, 0.2) is 5.82 Å². The molecule has 10 heteroatoms. The van der Waals surface area contributed by atoms with Gasteiger partial charge in [-0.2, -0.15) is 20.4 Å². The summed E-state index contributed by atoms with van der Waals surface area (Å²) in [5.74, 6) is 0.891. The number of rotatable bonds is 5. The van der Waals surface area contributed by atoms with E-state index >= 15 is 0 Å². The number of amides is 1. The Balaban J connectivity index is 1.60. The number of nitriles is 1. The zero-order valence-corrected chi connectivity index (χ0v) is 18.1. The summed E-state index contributed by atoms with van der Waals surface area (Å²) in [6, 6.07) is 7.13. The van der Waals surface area contributed by atoms with Crippen LogP contribution in [0, 0.1) is 18.3 Å². The van der Waals surface area contributed by atoms with Crippen molar-refractivity contribution in [3.05, 3.63) is 53.5 Å². The summed E-state index contributed by atoms with van der Waals surface area (Å²) in [6.07, 6.45) is 5.90. The summed E-state index contributed by atoms with van der Waals surface area (Å²) in [7, 11) is 1.51. The quantitative estimate of drug-likeness (QED) is 0.601. The van der Waals surface area contributed by atoms with Crippen LogP contribution in [0.2, 0.25) is 0 Å². The third-order valence-corrected chi connectivity index (χ3v) is 5.55. The summed E-state index contributed by atoms with van der Waals surface area (Å²) in [4.78, 5) is 25.3. The number of aromatic nitrogens is 5. The molecule has 1 saturated heterocycles. The van der Waals surface area contributed by atoms with Crippen LogP contribution in [0.5, 0.6) is 11.8 Å². The van der Waals surface area contributed by atoms with E-state index in [1.54, 1.807) is 29.3 Å². The van der Waals surface area contributed by atoms with Gasteiger partial charge >= 0.3 is 0 Å². The standard InChI is InChI=1S/C22H23N7O3/c1-14-4-5-17(32-21-15(2)16(12-23)8-9-24-21)13-28(14)22(30)18-6-7-19(31-3)27-20(18)29-25-10-11-26-29/h6-11,14,17H,4-5,13H2,1-3H3. The van der Waals surface area contributed by atoms with Crippen molar-refractivity contribution in [3.63, 3.8) is 0 Å². The van der Waals surface area contributed by atoms with E-state index in [2.05, 4.69) is 26.2 Å². The summed E-state index contributed by atoms with van der Waals surface area (Å²) in [6.45, 7) is 4.20. The SMILES string of the molecule is COc1ccc(C(=O)N2CC(Oc3nccc(C#N)c3C)CCC2C)c(-n2nccn2)n1. The molecule has 0 N–H and O–H groups in total. The van der Waals surface area contributed by atoms with Crippen molar-refractivity contribution in [3.8, 4) is 23.6 Å². The molecule has 4 heterocycles. The maximum Gasteiger partial charge on any atom is 0.258 e. The normalized spacial score (nSPS) is 18.1. The van der Waals surface area contributed by atoms with Gasteiger partial charge in [0.25, 0.3) is 5.91 Å². The molecule has 0 aromatic carbocycles. The van der Waals surface area contributed by atoms with Gasteiger partial charge in [0.05, 0.1) is 43.2 Å². The van der Waals surface area contributed by atoms with Crippen LogP contribution in [-0.4, -0.2) is 61.6 Å². The number of ether oxygens (including phenoxy) is 2. The van der Waals surface area contributed by atoms with Crippen LogP contribution in [0.1, 0.15) is 41.3 Å². The van der Waals surface area contributed by atoms with Crippen molar-refractivity contribution in [2.45, 2.75) is 38.8 Å². The fourth-order valence-corrected chi connectivity index (χ4v) is 3.71. The van der Waals surface area contributed by atoms with E-state index in [4.69, 9.17) is 9.47 Å². The van der Waals surface area contributed by atoms with Crippen molar-refractivity contribution in [2.75, 3.05) is 13.7 Å². The molecule has 0 saturated carbocycles. The molecule has 1 aliphatic heterocycles. The third-order valence-electron chi connectivity index (χ3n) is 5.55. The Morgan fingerprint density at radius 1 is 1.19 bits per heavy atom. The molecule has 1 fully saturated rings. The number of likely N-dealkylation sites (tertiary alicyclic amines) is 1. The zero-order chi connectivity index (χ0) is 22.7. The van der Waals surface area contributed by atoms with Crippen LogP contribution in [0.3, 0.4) is 0 Å². The van der Waals surface area contributed by atoms with Crippen LogP contribution < -0.4 is 9.47 Å². The number of nitrogens with zero attached hydrogens (tertiary/aromatic N) is 7. The topological polar surface area (TPSA) is 119 Å². The largest absolute Gasteiger partial charge is 0.481 e. The number of hydrogen-bond donors (Lipinski definition) is 0. The highest BCUT2D eigenvalue weighted by atomic mass is 16.5. The second kappa shape index (κ2) is 9.01. The molecule has 0 aliphatic carbocycles. The van der Waals surface area contributed by atoms with E-state index in [0.717, 1.165) is 12.8 Å². The van der Waals surface area contributed by atoms with E-state index in [1.165, 1.54) is 24.3 Å². The van der Waals surface area contributed by atoms with Gasteiger partial charge in [-0.3, -0.25) is 4.79 Å². The van der Waals surface area contributed by atoms with Gasteiger partial charge in [0.2, 0.25) is 11.8 Å². The Morgan fingerprint density at radius 2 is 1.97 bits per heavy atom. The first-order valence-corrected chi connectivity index (χ1v) is 10.3. The minimum Gasteiger partial charge on any atom is -0.481 e. The maximum atomic E-state index is 13.6. The maximum absolute atomic E-state index is 13.6. The van der Waals surface area contributed by atoms with Crippen LogP contribution in [0.4, 0.5) is 0 Å². The number of hydrogen-bond acceptors (Lipinski definition) is 8. The number of methoxy groups -OCH3 is 1. The Morgan fingerprint density at radius 3 is 2.69 bits per heavy atom. The van der Waals surface area contributed by atoms with E-state index in [-0.39, 0.29) is 18.1 Å². The molecule has 3 aromatic heterocycles. The highest BCUT2D eigenvalue weighted by molar-refractivity contribution is 5.97. The zero-order valence-electron chi connectivity index (χ0n) is 18.1. The van der Waals surface area contributed by atoms with E-state index in [0.29, 0.717) is 40.8 Å². The summed E-state index contributed by atoms with van der Waals surface area (Å²) >= 11 is 0. The molecule has 3 aromatic rings. The second-order valence-corrected chi connectivity index (χ2v) is 7.57. The van der Waals surface area contributed by atoms with Crippen molar-refractivity contribution in [2.24, 2.45) is 0 Å². The molecule has 0 radical (unpaired) electrons. The Kier molecular flexibility index (Phi) is 5.98. The molecule has 2 unspecified atom stereocenters. The predicted molar refractivity (Wildman–Crippen MR) is 114 cm³/mol. The van der Waals surface area contributed by atoms with Crippen molar-refractivity contribution in [1.82, 2.24) is 29.9 Å². The number of carbonyl (C=O) groups excluding carboxylic acids is 1. The average Bonchev–Trinajstić information content (AvgIpc) is 3.35. The number of pyridine rings is 2. The number of carbonyl (C=O) groups is 1. The van der Waals surface area contributed by atoms with Gasteiger partial charge in [-0.15, -0.1) is 4.80 Å². The predicted octanol–water partition coefficient (Wildman–Crippen LogP) is 2.32. The van der Waals surface area contributed by atoms with E-state index in [1.807, 2.05) is 13.8 Å². The third kappa shape index (κ3) is 4.09. The first kappa shape index (κ1) is 21.2. The molecule has 2 atom stereocenters. The lowest BCUT2D eigenvalue weighted by Gasteiger charge is -2.38. The molecule has 4 rings (SSSR count). The van der Waals surface area contributed by atoms with Gasteiger partial charge in [-0.1, -0.05) is 0 Å². The molecular weight excluding hydrogens is 410 g/mol. The van der Waals surface area contributed by atoms with Gasteiger partial charge in [0, 0.05) is 23.9 Å². The van der Waals surface area contributed by atoms with Gasteiger partial charge in [-0.05, 0) is 38.8 Å². The summed E-state index contributed by atoms with van der Waals surface area (Å²) in [5.41, 5.74) is 1.58. The molecule has 1 aliphatic rings. The summed E-state index contributed by atoms with van der Waals surface area (Å²) in [5, 5.41) is 17.5. The molecule has 10 nitrogen and oxygen atoms in total. The monoisotopic (exact) mass is 433 g/mol. The summed E-state index contributed by atoms with van der Waals surface area (Å²) < 4.78 is 11.3. The molecule has 164 valence electrons. The first-order chi connectivity index (χ1) is 15.5. The molecule has 0 spiro atoms. The highest BCUT2D eigenvalue weighted by Crippen LogP contribution is 2.27. The highest BCUT2D eigenvalue weighted by Gasteiger charge is 2.33. The second-order valence-electron chi connectivity index (χ2n) is 7.57. The van der Waals surface area contributed by atoms with E-state index < -0.39 is 0 Å². The lowest BCUT2D eigenvalue weighted by Crippen LogP contribution is -2.49. The number of piperidine rings is 1. The minimum absolute atomic E-state index is 0.0161. The van der Waals surface area contributed by atoms with Crippen molar-refractivity contribution < 1.29 is 14.3 Å². The van der Waals surface area contributed by atoms with Crippen LogP contribution in [-0.2, 0) is 0 Å². The van der Waals surface area contributed by atoms with Crippen molar-refractivity contribution >= 4 is 5.91 Å². The minimum atomic E-state index is -0.243. The van der Waals surface area contributed by atoms with Crippen LogP contribution in [0.15, 0.2) is 36.8 Å². The average molecular weight is 433 g/mol. The molecule has 1 amide bonds. The molecule has 32 heavy (non-hydrogen) atoms. The molecular formula is C22H23N7O3. The fraction of sp³-hybridized carbons (Fsp3) is 0.364. The smallest absolute Gasteiger partial charge is 0.258 e. The van der Waals surface area contributed by atoms with Crippen LogP contribution >= 0.6 is 0 Å². The van der Waals surface area contributed by atoms with Gasteiger partial charge in [0.1, 0.15) is 6.10 Å².